The van der Waals surface area contributed by atoms with Crippen LogP contribution in [-0.4, -0.2) is 43.5 Å². The molecule has 1 aliphatic heterocycles. The average Bonchev–Trinajstić information content (AvgIpc) is 2.95. The summed E-state index contributed by atoms with van der Waals surface area (Å²) in [4.78, 5) is 14.6. The van der Waals surface area contributed by atoms with Gasteiger partial charge in [-0.1, -0.05) is 12.1 Å². The van der Waals surface area contributed by atoms with Gasteiger partial charge in [-0.3, -0.25) is 9.69 Å². The van der Waals surface area contributed by atoms with Crippen LogP contribution in [0.5, 0.6) is 0 Å². The van der Waals surface area contributed by atoms with E-state index in [1.807, 2.05) is 6.07 Å². The van der Waals surface area contributed by atoms with Crippen molar-refractivity contribution < 1.29 is 9.53 Å². The maximum Gasteiger partial charge on any atom is 0.176 e. The number of hydrogen-bond acceptors (Lipinski definition) is 3. The van der Waals surface area contributed by atoms with Crippen LogP contribution >= 0.6 is 0 Å². The van der Waals surface area contributed by atoms with Crippen LogP contribution in [-0.2, 0) is 17.6 Å². The normalized spacial score (nSPS) is 20.1. The fraction of sp³-hybridized carbons (Fsp3) is 0.588. The standard InChI is InChI=1S/C17H23NO2/c1-20-16-7-9-18(10-8-16)12-17(19)15-6-5-13-3-2-4-14(13)11-15/h5-6,11,16H,2-4,7-10,12H2,1H3. The Bertz CT molecular complexity index is 490. The monoisotopic (exact) mass is 273 g/mol. The smallest absolute Gasteiger partial charge is 0.176 e. The van der Waals surface area contributed by atoms with E-state index in [1.165, 1.54) is 24.0 Å². The van der Waals surface area contributed by atoms with E-state index in [0.29, 0.717) is 12.6 Å². The fourth-order valence-electron chi connectivity index (χ4n) is 3.34. The summed E-state index contributed by atoms with van der Waals surface area (Å²) in [6.45, 7) is 2.49. The molecule has 1 aromatic carbocycles. The van der Waals surface area contributed by atoms with Gasteiger partial charge in [0.25, 0.3) is 0 Å². The Hall–Kier alpha value is -1.19. The number of nitrogens with zero attached hydrogens (tertiary/aromatic N) is 1. The van der Waals surface area contributed by atoms with Crippen LogP contribution in [0.4, 0.5) is 0 Å². The Balaban J connectivity index is 1.59. The maximum absolute atomic E-state index is 12.4. The first-order valence-electron chi connectivity index (χ1n) is 7.66. The number of likely N-dealkylation sites (tertiary alicyclic amines) is 1. The first kappa shape index (κ1) is 13.8. The predicted octanol–water partition coefficient (Wildman–Crippen LogP) is 2.47. The molecule has 1 aromatic rings. The third kappa shape index (κ3) is 2.94. The number of Topliss-reactive ketones (excluding diaryl/α,β-unsaturated/α-hetero) is 1. The predicted molar refractivity (Wildman–Crippen MR) is 79.3 cm³/mol. The highest BCUT2D eigenvalue weighted by Crippen LogP contribution is 2.23. The number of hydrogen-bond donors (Lipinski definition) is 0. The number of ketones is 1. The van der Waals surface area contributed by atoms with Gasteiger partial charge >= 0.3 is 0 Å². The van der Waals surface area contributed by atoms with E-state index in [-0.39, 0.29) is 5.78 Å². The molecule has 108 valence electrons. The number of ether oxygens (including phenoxy) is 1. The lowest BCUT2D eigenvalue weighted by atomic mass is 10.0. The lowest BCUT2D eigenvalue weighted by Gasteiger charge is -2.30. The van der Waals surface area contributed by atoms with Crippen LogP contribution in [0.15, 0.2) is 18.2 Å². The number of fused-ring (bicyclic) bond motifs is 1. The van der Waals surface area contributed by atoms with Crippen LogP contribution < -0.4 is 0 Å². The number of carbonyl (C=O) groups excluding carboxylic acids is 1. The summed E-state index contributed by atoms with van der Waals surface area (Å²) >= 11 is 0. The Labute approximate surface area is 120 Å². The molecule has 0 radical (unpaired) electrons. The number of rotatable bonds is 4. The highest BCUT2D eigenvalue weighted by molar-refractivity contribution is 5.97. The van der Waals surface area contributed by atoms with Gasteiger partial charge in [0.15, 0.2) is 5.78 Å². The molecule has 2 aliphatic rings. The quantitative estimate of drug-likeness (QED) is 0.789. The summed E-state index contributed by atoms with van der Waals surface area (Å²) in [7, 11) is 1.77. The molecule has 3 rings (SSSR count). The second kappa shape index (κ2) is 6.06. The van der Waals surface area contributed by atoms with Crippen LogP contribution in [0.1, 0.15) is 40.7 Å². The zero-order chi connectivity index (χ0) is 13.9. The van der Waals surface area contributed by atoms with E-state index in [4.69, 9.17) is 4.74 Å². The maximum atomic E-state index is 12.4. The molecular weight excluding hydrogens is 250 g/mol. The molecule has 3 heteroatoms. The molecule has 0 N–H and O–H groups in total. The zero-order valence-electron chi connectivity index (χ0n) is 12.2. The molecule has 0 amide bonds. The first-order valence-corrected chi connectivity index (χ1v) is 7.66. The van der Waals surface area contributed by atoms with Crippen molar-refractivity contribution in [2.45, 2.75) is 38.2 Å². The van der Waals surface area contributed by atoms with Gasteiger partial charge in [-0.2, -0.15) is 0 Å². The van der Waals surface area contributed by atoms with Crippen LogP contribution in [0, 0.1) is 0 Å². The number of piperidine rings is 1. The van der Waals surface area contributed by atoms with Gasteiger partial charge in [0, 0.05) is 25.8 Å². The summed E-state index contributed by atoms with van der Waals surface area (Å²) in [6.07, 6.45) is 5.99. The van der Waals surface area contributed by atoms with Crippen molar-refractivity contribution in [3.8, 4) is 0 Å². The topological polar surface area (TPSA) is 29.5 Å². The van der Waals surface area contributed by atoms with Crippen LogP contribution in [0.25, 0.3) is 0 Å². The SMILES string of the molecule is COC1CCN(CC(=O)c2ccc3c(c2)CCC3)CC1. The molecule has 3 nitrogen and oxygen atoms in total. The third-order valence-corrected chi connectivity index (χ3v) is 4.66. The zero-order valence-corrected chi connectivity index (χ0v) is 12.2. The molecule has 0 aromatic heterocycles. The largest absolute Gasteiger partial charge is 0.381 e. The van der Waals surface area contributed by atoms with E-state index < -0.39 is 0 Å². The Morgan fingerprint density at radius 3 is 2.75 bits per heavy atom. The summed E-state index contributed by atoms with van der Waals surface area (Å²) in [5.41, 5.74) is 3.70. The summed E-state index contributed by atoms with van der Waals surface area (Å²) in [5.74, 6) is 0.260. The minimum absolute atomic E-state index is 0.260. The van der Waals surface area contributed by atoms with Gasteiger partial charge in [0.2, 0.25) is 0 Å². The van der Waals surface area contributed by atoms with Crippen molar-refractivity contribution in [3.05, 3.63) is 34.9 Å². The molecule has 0 unspecified atom stereocenters. The van der Waals surface area contributed by atoms with Gasteiger partial charge in [-0.05, 0) is 49.3 Å². The Kier molecular flexibility index (Phi) is 4.18. The van der Waals surface area contributed by atoms with Gasteiger partial charge in [0.05, 0.1) is 12.6 Å². The minimum atomic E-state index is 0.260. The molecule has 1 fully saturated rings. The van der Waals surface area contributed by atoms with Gasteiger partial charge < -0.3 is 4.74 Å². The second-order valence-corrected chi connectivity index (χ2v) is 5.97. The molecule has 0 atom stereocenters. The summed E-state index contributed by atoms with van der Waals surface area (Å²) < 4.78 is 5.37. The van der Waals surface area contributed by atoms with Gasteiger partial charge in [-0.15, -0.1) is 0 Å². The Morgan fingerprint density at radius 1 is 1.25 bits per heavy atom. The number of aryl methyl sites for hydroxylation is 2. The summed E-state index contributed by atoms with van der Waals surface area (Å²) in [5, 5.41) is 0. The number of benzene rings is 1. The van der Waals surface area contributed by atoms with Gasteiger partial charge in [0.1, 0.15) is 0 Å². The second-order valence-electron chi connectivity index (χ2n) is 5.97. The van der Waals surface area contributed by atoms with Crippen molar-refractivity contribution in [1.29, 1.82) is 0 Å². The molecule has 1 aliphatic carbocycles. The van der Waals surface area contributed by atoms with Gasteiger partial charge in [-0.25, -0.2) is 0 Å². The van der Waals surface area contributed by atoms with Crippen molar-refractivity contribution >= 4 is 5.78 Å². The highest BCUT2D eigenvalue weighted by Gasteiger charge is 2.21. The van der Waals surface area contributed by atoms with E-state index >= 15 is 0 Å². The number of methoxy groups -OCH3 is 1. The fourth-order valence-corrected chi connectivity index (χ4v) is 3.34. The van der Waals surface area contributed by atoms with E-state index in [2.05, 4.69) is 17.0 Å². The first-order chi connectivity index (χ1) is 9.76. The van der Waals surface area contributed by atoms with Crippen molar-refractivity contribution in [3.63, 3.8) is 0 Å². The van der Waals surface area contributed by atoms with Crippen molar-refractivity contribution in [2.75, 3.05) is 26.7 Å². The summed E-state index contributed by atoms with van der Waals surface area (Å²) in [6, 6.07) is 6.27. The highest BCUT2D eigenvalue weighted by atomic mass is 16.5. The third-order valence-electron chi connectivity index (χ3n) is 4.66. The molecule has 1 saturated heterocycles. The molecule has 0 saturated carbocycles. The van der Waals surface area contributed by atoms with Crippen LogP contribution in [0.2, 0.25) is 0 Å². The molecular formula is C17H23NO2. The molecule has 0 bridgehead atoms. The van der Waals surface area contributed by atoms with E-state index in [1.54, 1.807) is 7.11 Å². The van der Waals surface area contributed by atoms with Crippen molar-refractivity contribution in [2.24, 2.45) is 0 Å². The molecule has 0 spiro atoms. The van der Waals surface area contributed by atoms with E-state index in [0.717, 1.165) is 37.9 Å². The lowest BCUT2D eigenvalue weighted by molar-refractivity contribution is 0.0401. The number of carbonyl (C=O) groups is 1. The Morgan fingerprint density at radius 2 is 2.00 bits per heavy atom. The molecule has 20 heavy (non-hydrogen) atoms. The van der Waals surface area contributed by atoms with Crippen LogP contribution in [0.3, 0.4) is 0 Å². The average molecular weight is 273 g/mol. The molecule has 1 heterocycles. The minimum Gasteiger partial charge on any atom is -0.381 e. The lowest BCUT2D eigenvalue weighted by Crippen LogP contribution is -2.39. The van der Waals surface area contributed by atoms with Crippen molar-refractivity contribution in [1.82, 2.24) is 4.90 Å². The van der Waals surface area contributed by atoms with E-state index in [9.17, 15) is 4.79 Å².